The number of ketones is 2. The van der Waals surface area contributed by atoms with E-state index in [0.29, 0.717) is 24.0 Å². The summed E-state index contributed by atoms with van der Waals surface area (Å²) in [5, 5.41) is 10.3. The molecule has 2 aromatic carbocycles. The van der Waals surface area contributed by atoms with Crippen LogP contribution in [0.25, 0.3) is 0 Å². The average Bonchev–Trinajstić information content (AvgIpc) is 2.96. The SMILES string of the molecule is Cc1cc([C@H]2C3=C(CC(C)(C)CC3=O)N=C3c4ccccc4C(=O)[C@H]32)cc(C)c1O. The van der Waals surface area contributed by atoms with Gasteiger partial charge in [-0.15, -0.1) is 0 Å². The zero-order valence-corrected chi connectivity index (χ0v) is 17.7. The minimum absolute atomic E-state index is 0.0296. The van der Waals surface area contributed by atoms with E-state index in [1.165, 1.54) is 0 Å². The lowest BCUT2D eigenvalue weighted by molar-refractivity contribution is -0.118. The van der Waals surface area contributed by atoms with Crippen LogP contribution >= 0.6 is 0 Å². The standard InChI is InChI=1S/C26H25NO3/c1-13-9-15(10-14(2)24(13)29)20-21-18(11-26(3,4)12-19(21)28)27-23-16-7-5-6-8-17(16)25(30)22(20)23/h5-10,20,22,29H,11-12H2,1-4H3/t20-,22-/m0/s1. The van der Waals surface area contributed by atoms with Gasteiger partial charge >= 0.3 is 0 Å². The molecule has 4 nitrogen and oxygen atoms in total. The fraction of sp³-hybridized carbons (Fsp3) is 0.346. The molecule has 0 bridgehead atoms. The van der Waals surface area contributed by atoms with Crippen molar-refractivity contribution in [2.75, 3.05) is 0 Å². The summed E-state index contributed by atoms with van der Waals surface area (Å²) in [5.41, 5.74) is 6.12. The zero-order chi connectivity index (χ0) is 21.4. The number of fused-ring (bicyclic) bond motifs is 3. The van der Waals surface area contributed by atoms with Crippen molar-refractivity contribution >= 4 is 17.3 Å². The quantitative estimate of drug-likeness (QED) is 0.730. The third-order valence-corrected chi connectivity index (χ3v) is 6.71. The number of Topliss-reactive ketones (excluding diaryl/α,β-unsaturated/α-hetero) is 2. The van der Waals surface area contributed by atoms with Crippen LogP contribution in [-0.4, -0.2) is 22.4 Å². The van der Waals surface area contributed by atoms with Crippen molar-refractivity contribution in [1.82, 2.24) is 0 Å². The number of allylic oxidation sites excluding steroid dienone is 2. The van der Waals surface area contributed by atoms with E-state index in [2.05, 4.69) is 13.8 Å². The summed E-state index contributed by atoms with van der Waals surface area (Å²) in [6, 6.07) is 11.5. The number of hydrogen-bond acceptors (Lipinski definition) is 4. The van der Waals surface area contributed by atoms with Gasteiger partial charge in [-0.3, -0.25) is 14.6 Å². The molecular weight excluding hydrogens is 374 g/mol. The van der Waals surface area contributed by atoms with Crippen LogP contribution in [0.3, 0.4) is 0 Å². The van der Waals surface area contributed by atoms with Crippen LogP contribution < -0.4 is 0 Å². The van der Waals surface area contributed by atoms with E-state index in [9.17, 15) is 14.7 Å². The van der Waals surface area contributed by atoms with Gasteiger partial charge in [-0.05, 0) is 42.4 Å². The molecule has 0 saturated heterocycles. The number of carbonyl (C=O) groups is 2. The Balaban J connectivity index is 1.79. The molecule has 0 amide bonds. The Morgan fingerprint density at radius 1 is 0.967 bits per heavy atom. The van der Waals surface area contributed by atoms with Gasteiger partial charge in [-0.25, -0.2) is 0 Å². The lowest BCUT2D eigenvalue weighted by Crippen LogP contribution is -2.37. The van der Waals surface area contributed by atoms with E-state index in [-0.39, 0.29) is 28.6 Å². The summed E-state index contributed by atoms with van der Waals surface area (Å²) in [5.74, 6) is -0.485. The first kappa shape index (κ1) is 19.0. The highest BCUT2D eigenvalue weighted by atomic mass is 16.3. The summed E-state index contributed by atoms with van der Waals surface area (Å²) < 4.78 is 0. The Kier molecular flexibility index (Phi) is 3.95. The molecule has 0 spiro atoms. The highest BCUT2D eigenvalue weighted by Gasteiger charge is 2.50. The Bertz CT molecular complexity index is 1180. The maximum Gasteiger partial charge on any atom is 0.173 e. The minimum Gasteiger partial charge on any atom is -0.507 e. The van der Waals surface area contributed by atoms with Gasteiger partial charge in [-0.2, -0.15) is 0 Å². The summed E-state index contributed by atoms with van der Waals surface area (Å²) in [7, 11) is 0. The predicted octanol–water partition coefficient (Wildman–Crippen LogP) is 5.05. The molecule has 5 rings (SSSR count). The van der Waals surface area contributed by atoms with Gasteiger partial charge in [-0.1, -0.05) is 50.2 Å². The molecule has 3 aliphatic rings. The van der Waals surface area contributed by atoms with Crippen molar-refractivity contribution in [2.45, 2.75) is 46.5 Å². The number of carbonyl (C=O) groups excluding carboxylic acids is 2. The molecule has 2 aromatic rings. The van der Waals surface area contributed by atoms with Crippen LogP contribution in [0.2, 0.25) is 0 Å². The normalized spacial score (nSPS) is 24.3. The van der Waals surface area contributed by atoms with E-state index < -0.39 is 5.92 Å². The van der Waals surface area contributed by atoms with Gasteiger partial charge in [0.05, 0.1) is 11.6 Å². The molecule has 2 atom stereocenters. The first-order valence-corrected chi connectivity index (χ1v) is 10.5. The number of phenols is 1. The minimum atomic E-state index is -0.491. The number of aryl methyl sites for hydroxylation is 2. The maximum absolute atomic E-state index is 13.5. The van der Waals surface area contributed by atoms with Gasteiger partial charge in [0.2, 0.25) is 0 Å². The average molecular weight is 399 g/mol. The van der Waals surface area contributed by atoms with Gasteiger partial charge < -0.3 is 5.11 Å². The fourth-order valence-electron chi connectivity index (χ4n) is 5.41. The Morgan fingerprint density at radius 3 is 2.27 bits per heavy atom. The van der Waals surface area contributed by atoms with Gasteiger partial charge in [0.15, 0.2) is 11.6 Å². The predicted molar refractivity (Wildman–Crippen MR) is 116 cm³/mol. The highest BCUT2D eigenvalue weighted by molar-refractivity contribution is 6.30. The number of aliphatic imine (C=N–C) groups is 1. The second kappa shape index (κ2) is 6.24. The summed E-state index contributed by atoms with van der Waals surface area (Å²) in [6.45, 7) is 7.91. The molecule has 1 aliphatic heterocycles. The molecule has 2 aliphatic carbocycles. The van der Waals surface area contributed by atoms with Crippen LogP contribution in [0.15, 0.2) is 52.7 Å². The van der Waals surface area contributed by atoms with Crippen molar-refractivity contribution in [3.05, 3.63) is 75.5 Å². The lowest BCUT2D eigenvalue weighted by atomic mass is 9.66. The number of aromatic hydroxyl groups is 1. The van der Waals surface area contributed by atoms with Gasteiger partial charge in [0.25, 0.3) is 0 Å². The Hall–Kier alpha value is -3.01. The molecule has 0 unspecified atom stereocenters. The molecule has 152 valence electrons. The third kappa shape index (κ3) is 2.63. The monoisotopic (exact) mass is 399 g/mol. The van der Waals surface area contributed by atoms with Crippen LogP contribution in [0.1, 0.15) is 65.2 Å². The molecule has 0 saturated carbocycles. The maximum atomic E-state index is 13.5. The summed E-state index contributed by atoms with van der Waals surface area (Å²) in [6.07, 6.45) is 1.17. The first-order valence-electron chi connectivity index (χ1n) is 10.5. The van der Waals surface area contributed by atoms with Crippen molar-refractivity contribution < 1.29 is 14.7 Å². The van der Waals surface area contributed by atoms with Crippen molar-refractivity contribution in [1.29, 1.82) is 0 Å². The molecule has 0 radical (unpaired) electrons. The molecular formula is C26H25NO3. The number of benzene rings is 2. The molecule has 4 heteroatoms. The molecule has 30 heavy (non-hydrogen) atoms. The largest absolute Gasteiger partial charge is 0.507 e. The summed E-state index contributed by atoms with van der Waals surface area (Å²) in [4.78, 5) is 31.8. The molecule has 1 N–H and O–H groups in total. The van der Waals surface area contributed by atoms with Crippen LogP contribution in [0.4, 0.5) is 0 Å². The van der Waals surface area contributed by atoms with E-state index >= 15 is 0 Å². The van der Waals surface area contributed by atoms with Crippen molar-refractivity contribution in [3.8, 4) is 5.75 Å². The smallest absolute Gasteiger partial charge is 0.173 e. The summed E-state index contributed by atoms with van der Waals surface area (Å²) >= 11 is 0. The second-order valence-corrected chi connectivity index (χ2v) is 9.67. The number of hydrogen-bond donors (Lipinski definition) is 1. The Labute approximate surface area is 176 Å². The number of nitrogens with zero attached hydrogens (tertiary/aromatic N) is 1. The molecule has 1 heterocycles. The van der Waals surface area contributed by atoms with Crippen molar-refractivity contribution in [3.63, 3.8) is 0 Å². The number of phenolic OH excluding ortho intramolecular Hbond substituents is 1. The molecule has 0 fully saturated rings. The van der Waals surface area contributed by atoms with E-state index in [4.69, 9.17) is 4.99 Å². The highest BCUT2D eigenvalue weighted by Crippen LogP contribution is 2.51. The Morgan fingerprint density at radius 2 is 1.60 bits per heavy atom. The lowest BCUT2D eigenvalue weighted by Gasteiger charge is -2.38. The second-order valence-electron chi connectivity index (χ2n) is 9.67. The molecule has 0 aromatic heterocycles. The topological polar surface area (TPSA) is 66.7 Å². The zero-order valence-electron chi connectivity index (χ0n) is 17.7. The van der Waals surface area contributed by atoms with Gasteiger partial charge in [0, 0.05) is 34.7 Å². The van der Waals surface area contributed by atoms with Crippen LogP contribution in [-0.2, 0) is 4.79 Å². The van der Waals surface area contributed by atoms with Crippen LogP contribution in [0.5, 0.6) is 5.75 Å². The van der Waals surface area contributed by atoms with Crippen LogP contribution in [0, 0.1) is 25.2 Å². The van der Waals surface area contributed by atoms with Gasteiger partial charge in [0.1, 0.15) is 5.75 Å². The fourth-order valence-corrected chi connectivity index (χ4v) is 5.41. The first-order chi connectivity index (χ1) is 14.2. The van der Waals surface area contributed by atoms with E-state index in [1.54, 1.807) is 0 Å². The number of rotatable bonds is 1. The van der Waals surface area contributed by atoms with Crippen molar-refractivity contribution in [2.24, 2.45) is 16.3 Å². The van der Waals surface area contributed by atoms with E-state index in [0.717, 1.165) is 33.7 Å². The van der Waals surface area contributed by atoms with E-state index in [1.807, 2.05) is 50.2 Å². The third-order valence-electron chi connectivity index (χ3n) is 6.71.